The van der Waals surface area contributed by atoms with E-state index in [-0.39, 0.29) is 26.4 Å². The van der Waals surface area contributed by atoms with Crippen molar-refractivity contribution >= 4 is 11.9 Å². The Kier molecular flexibility index (Phi) is 7.56. The van der Waals surface area contributed by atoms with Crippen molar-refractivity contribution in [2.75, 3.05) is 40.6 Å². The molecule has 1 aromatic rings. The van der Waals surface area contributed by atoms with Crippen molar-refractivity contribution in [2.45, 2.75) is 6.92 Å². The van der Waals surface area contributed by atoms with Crippen LogP contribution in [0, 0.1) is 5.41 Å². The van der Waals surface area contributed by atoms with E-state index in [2.05, 4.69) is 0 Å². The summed E-state index contributed by atoms with van der Waals surface area (Å²) in [5, 5.41) is 0. The molecule has 0 radical (unpaired) electrons. The van der Waals surface area contributed by atoms with Gasteiger partial charge in [-0.05, 0) is 19.1 Å². The fourth-order valence-electron chi connectivity index (χ4n) is 1.90. The van der Waals surface area contributed by atoms with E-state index in [4.69, 9.17) is 18.9 Å². The van der Waals surface area contributed by atoms with Crippen LogP contribution in [0.4, 0.5) is 0 Å². The lowest BCUT2D eigenvalue weighted by atomic mass is 9.93. The molecule has 0 heterocycles. The normalized spacial score (nSPS) is 11.0. The van der Waals surface area contributed by atoms with E-state index in [9.17, 15) is 9.59 Å². The van der Waals surface area contributed by atoms with Crippen LogP contribution >= 0.6 is 0 Å². The van der Waals surface area contributed by atoms with Gasteiger partial charge in [-0.2, -0.15) is 0 Å². The molecule has 0 aliphatic rings. The summed E-state index contributed by atoms with van der Waals surface area (Å²) in [6.45, 7) is 2.04. The summed E-state index contributed by atoms with van der Waals surface area (Å²) in [6.07, 6.45) is 0. The van der Waals surface area contributed by atoms with Gasteiger partial charge in [-0.25, -0.2) is 4.79 Å². The van der Waals surface area contributed by atoms with Crippen LogP contribution in [0.25, 0.3) is 0 Å². The smallest absolute Gasteiger partial charge is 0.338 e. The Morgan fingerprint density at radius 1 is 0.955 bits per heavy atom. The number of esters is 2. The molecule has 0 N–H and O–H groups in total. The summed E-state index contributed by atoms with van der Waals surface area (Å²) in [6, 6.07) is 8.62. The first-order valence-corrected chi connectivity index (χ1v) is 6.91. The fraction of sp³-hybridized carbons (Fsp3) is 0.500. The number of ether oxygens (including phenoxy) is 4. The number of rotatable bonds is 9. The van der Waals surface area contributed by atoms with Crippen molar-refractivity contribution in [3.05, 3.63) is 35.9 Å². The van der Waals surface area contributed by atoms with Crippen molar-refractivity contribution in [1.82, 2.24) is 0 Å². The van der Waals surface area contributed by atoms with Gasteiger partial charge in [-0.3, -0.25) is 4.79 Å². The number of hydrogen-bond acceptors (Lipinski definition) is 6. The van der Waals surface area contributed by atoms with Crippen molar-refractivity contribution in [1.29, 1.82) is 0 Å². The second-order valence-corrected chi connectivity index (χ2v) is 5.06. The molecule has 0 amide bonds. The molecule has 0 bridgehead atoms. The van der Waals surface area contributed by atoms with Gasteiger partial charge in [0, 0.05) is 14.2 Å². The van der Waals surface area contributed by atoms with Crippen LogP contribution in [0.3, 0.4) is 0 Å². The van der Waals surface area contributed by atoms with Crippen molar-refractivity contribution in [2.24, 2.45) is 5.41 Å². The van der Waals surface area contributed by atoms with Crippen LogP contribution in [-0.4, -0.2) is 52.6 Å². The highest BCUT2D eigenvalue weighted by Gasteiger charge is 2.35. The number of carbonyl (C=O) groups is 2. The van der Waals surface area contributed by atoms with Crippen molar-refractivity contribution < 1.29 is 28.5 Å². The van der Waals surface area contributed by atoms with Gasteiger partial charge in [0.1, 0.15) is 18.6 Å². The third-order valence-electron chi connectivity index (χ3n) is 2.98. The second kappa shape index (κ2) is 9.17. The van der Waals surface area contributed by atoms with E-state index in [0.29, 0.717) is 5.56 Å². The Bertz CT molecular complexity index is 465. The highest BCUT2D eigenvalue weighted by Crippen LogP contribution is 2.19. The minimum Gasteiger partial charge on any atom is -0.462 e. The van der Waals surface area contributed by atoms with Gasteiger partial charge < -0.3 is 18.9 Å². The highest BCUT2D eigenvalue weighted by atomic mass is 16.6. The van der Waals surface area contributed by atoms with E-state index >= 15 is 0 Å². The second-order valence-electron chi connectivity index (χ2n) is 5.06. The summed E-state index contributed by atoms with van der Waals surface area (Å²) >= 11 is 0. The molecule has 0 aliphatic carbocycles. The average molecular weight is 310 g/mol. The molecule has 6 heteroatoms. The molecule has 0 fully saturated rings. The standard InChI is InChI=1S/C16H22O6/c1-16(11-19-2,12-20-3)15(18)22-10-9-21-14(17)13-7-5-4-6-8-13/h4-8H,9-12H2,1-3H3. The minimum absolute atomic E-state index is 0.00445. The van der Waals surface area contributed by atoms with E-state index in [1.165, 1.54) is 14.2 Å². The molecule has 1 rings (SSSR count). The third-order valence-corrected chi connectivity index (χ3v) is 2.98. The molecule has 22 heavy (non-hydrogen) atoms. The first-order valence-electron chi connectivity index (χ1n) is 6.91. The van der Waals surface area contributed by atoms with Gasteiger partial charge in [-0.15, -0.1) is 0 Å². The van der Waals surface area contributed by atoms with Crippen LogP contribution < -0.4 is 0 Å². The predicted octanol–water partition coefficient (Wildman–Crippen LogP) is 1.69. The zero-order valence-electron chi connectivity index (χ0n) is 13.2. The van der Waals surface area contributed by atoms with Crippen LogP contribution in [0.2, 0.25) is 0 Å². The molecular weight excluding hydrogens is 288 g/mol. The fourth-order valence-corrected chi connectivity index (χ4v) is 1.90. The van der Waals surface area contributed by atoms with Gasteiger partial charge in [-0.1, -0.05) is 18.2 Å². The number of benzene rings is 1. The molecule has 0 saturated heterocycles. The monoisotopic (exact) mass is 310 g/mol. The first-order chi connectivity index (χ1) is 10.5. The zero-order valence-corrected chi connectivity index (χ0v) is 13.2. The van der Waals surface area contributed by atoms with Gasteiger partial charge >= 0.3 is 11.9 Å². The summed E-state index contributed by atoms with van der Waals surface area (Å²) in [5.41, 5.74) is -0.426. The van der Waals surface area contributed by atoms with E-state index in [1.807, 2.05) is 6.07 Å². The van der Waals surface area contributed by atoms with Gasteiger partial charge in [0.15, 0.2) is 0 Å². The molecule has 6 nitrogen and oxygen atoms in total. The molecular formula is C16H22O6. The number of methoxy groups -OCH3 is 2. The molecule has 0 atom stereocenters. The van der Waals surface area contributed by atoms with Gasteiger partial charge in [0.25, 0.3) is 0 Å². The van der Waals surface area contributed by atoms with E-state index in [0.717, 1.165) is 0 Å². The first kappa shape index (κ1) is 18.1. The largest absolute Gasteiger partial charge is 0.462 e. The van der Waals surface area contributed by atoms with Crippen LogP contribution in [0.1, 0.15) is 17.3 Å². The van der Waals surface area contributed by atoms with Crippen molar-refractivity contribution in [3.8, 4) is 0 Å². The van der Waals surface area contributed by atoms with E-state index < -0.39 is 17.4 Å². The highest BCUT2D eigenvalue weighted by molar-refractivity contribution is 5.89. The maximum absolute atomic E-state index is 12.0. The SMILES string of the molecule is COCC(C)(COC)C(=O)OCCOC(=O)c1ccccc1. The Balaban J connectivity index is 2.37. The maximum atomic E-state index is 12.0. The Morgan fingerprint density at radius 2 is 1.50 bits per heavy atom. The van der Waals surface area contributed by atoms with Crippen molar-refractivity contribution in [3.63, 3.8) is 0 Å². The summed E-state index contributed by atoms with van der Waals surface area (Å²) in [4.78, 5) is 23.7. The zero-order chi connectivity index (χ0) is 16.4. The van der Waals surface area contributed by atoms with Gasteiger partial charge in [0.2, 0.25) is 0 Å². The quantitative estimate of drug-likeness (QED) is 0.510. The summed E-state index contributed by atoms with van der Waals surface area (Å²) in [7, 11) is 3.01. The average Bonchev–Trinajstić information content (AvgIpc) is 2.52. The lowest BCUT2D eigenvalue weighted by Crippen LogP contribution is -2.39. The third kappa shape index (κ3) is 5.46. The van der Waals surface area contributed by atoms with Gasteiger partial charge in [0.05, 0.1) is 18.8 Å². The molecule has 0 unspecified atom stereocenters. The topological polar surface area (TPSA) is 71.1 Å². The molecule has 122 valence electrons. The molecule has 1 aromatic carbocycles. The molecule has 0 saturated carbocycles. The number of hydrogen-bond donors (Lipinski definition) is 0. The number of carbonyl (C=O) groups excluding carboxylic acids is 2. The van der Waals surface area contributed by atoms with Crippen LogP contribution in [0.5, 0.6) is 0 Å². The Hall–Kier alpha value is -1.92. The lowest BCUT2D eigenvalue weighted by Gasteiger charge is -2.25. The molecule has 0 aromatic heterocycles. The predicted molar refractivity (Wildman–Crippen MR) is 79.5 cm³/mol. The molecule has 0 spiro atoms. The Labute approximate surface area is 130 Å². The van der Waals surface area contributed by atoms with Crippen LogP contribution in [-0.2, 0) is 23.7 Å². The Morgan fingerprint density at radius 3 is 2.05 bits per heavy atom. The lowest BCUT2D eigenvalue weighted by molar-refractivity contribution is -0.162. The maximum Gasteiger partial charge on any atom is 0.338 e. The summed E-state index contributed by atoms with van der Waals surface area (Å²) in [5.74, 6) is -0.903. The summed E-state index contributed by atoms with van der Waals surface area (Å²) < 4.78 is 20.2. The van der Waals surface area contributed by atoms with E-state index in [1.54, 1.807) is 31.2 Å². The van der Waals surface area contributed by atoms with Crippen LogP contribution in [0.15, 0.2) is 30.3 Å². The minimum atomic E-state index is -0.882. The molecule has 0 aliphatic heterocycles.